The fourth-order valence-electron chi connectivity index (χ4n) is 2.96. The molecular weight excluding hydrogens is 376 g/mol. The largest absolute Gasteiger partial charge is 0.285 e. The Bertz CT molecular complexity index is 1150. The normalized spacial score (nSPS) is 10.7. The maximum Gasteiger partial charge on any atom is 0.264 e. The second kappa shape index (κ2) is 7.35. The smallest absolute Gasteiger partial charge is 0.264 e. The van der Waals surface area contributed by atoms with E-state index in [0.29, 0.717) is 15.4 Å². The summed E-state index contributed by atoms with van der Waals surface area (Å²) in [6, 6.07) is 26.4. The Morgan fingerprint density at radius 1 is 0.815 bits per heavy atom. The van der Waals surface area contributed by atoms with Gasteiger partial charge in [0.1, 0.15) is 0 Å². The van der Waals surface area contributed by atoms with Crippen LogP contribution in [-0.2, 0) is 0 Å². The predicted molar refractivity (Wildman–Crippen MR) is 111 cm³/mol. The van der Waals surface area contributed by atoms with Crippen LogP contribution >= 0.6 is 23.8 Å². The number of hydrogen-bond acceptors (Lipinski definition) is 2. The summed E-state index contributed by atoms with van der Waals surface area (Å²) in [6.07, 6.45) is 1.79. The molecule has 4 aromatic rings. The molecule has 132 valence electrons. The number of hydrogen-bond donors (Lipinski definition) is 0. The van der Waals surface area contributed by atoms with Crippen LogP contribution in [0.1, 0.15) is 10.4 Å². The summed E-state index contributed by atoms with van der Waals surface area (Å²) in [6.45, 7) is 0. The molecule has 27 heavy (non-hydrogen) atoms. The first-order valence-electron chi connectivity index (χ1n) is 8.40. The van der Waals surface area contributed by atoms with Gasteiger partial charge < -0.3 is 0 Å². The zero-order chi connectivity index (χ0) is 18.8. The van der Waals surface area contributed by atoms with Crippen LogP contribution in [0.15, 0.2) is 91.1 Å². The molecule has 0 N–H and O–H groups in total. The summed E-state index contributed by atoms with van der Waals surface area (Å²) < 4.78 is 3.81. The summed E-state index contributed by atoms with van der Waals surface area (Å²) in [5.74, 6) is -0.162. The quantitative estimate of drug-likeness (QED) is 0.400. The number of halogens is 1. The van der Waals surface area contributed by atoms with Crippen molar-refractivity contribution >= 4 is 29.7 Å². The molecule has 0 aliphatic carbocycles. The van der Waals surface area contributed by atoms with E-state index < -0.39 is 0 Å². The van der Waals surface area contributed by atoms with Gasteiger partial charge in [-0.05, 0) is 48.6 Å². The van der Waals surface area contributed by atoms with Crippen LogP contribution in [0, 0.1) is 4.77 Å². The highest BCUT2D eigenvalue weighted by atomic mass is 35.5. The molecule has 4 rings (SSSR count). The molecule has 0 saturated heterocycles. The number of carbonyl (C=O) groups is 1. The maximum absolute atomic E-state index is 13.0. The van der Waals surface area contributed by atoms with Gasteiger partial charge in [-0.25, -0.2) is 0 Å². The first-order valence-corrected chi connectivity index (χ1v) is 9.19. The van der Waals surface area contributed by atoms with E-state index >= 15 is 0 Å². The molecule has 0 spiro atoms. The van der Waals surface area contributed by atoms with E-state index in [1.165, 1.54) is 4.57 Å². The minimum Gasteiger partial charge on any atom is -0.285 e. The zero-order valence-corrected chi connectivity index (χ0v) is 15.8. The maximum atomic E-state index is 13.0. The Hall–Kier alpha value is -2.95. The lowest BCUT2D eigenvalue weighted by Crippen LogP contribution is -2.11. The van der Waals surface area contributed by atoms with Crippen LogP contribution in [0.4, 0.5) is 0 Å². The number of imidazole rings is 1. The van der Waals surface area contributed by atoms with Gasteiger partial charge >= 0.3 is 0 Å². The predicted octanol–water partition coefficient (Wildman–Crippen LogP) is 6.02. The lowest BCUT2D eigenvalue weighted by molar-refractivity contribution is 0.0958. The van der Waals surface area contributed by atoms with Gasteiger partial charge in [0.2, 0.25) is 0 Å². The van der Waals surface area contributed by atoms with E-state index in [9.17, 15) is 4.79 Å². The van der Waals surface area contributed by atoms with E-state index in [1.54, 1.807) is 18.3 Å². The SMILES string of the molecule is O=C(c1ccccc1)n1cc(-c2ccccc2)n(-c2ccc(Cl)cc2)c1=S. The van der Waals surface area contributed by atoms with Crippen LogP contribution in [0.25, 0.3) is 16.9 Å². The first-order chi connectivity index (χ1) is 13.1. The Morgan fingerprint density at radius 2 is 1.41 bits per heavy atom. The number of aromatic nitrogens is 2. The third kappa shape index (κ3) is 3.37. The molecule has 1 aromatic heterocycles. The van der Waals surface area contributed by atoms with Gasteiger partial charge in [-0.15, -0.1) is 0 Å². The van der Waals surface area contributed by atoms with E-state index in [1.807, 2.05) is 77.4 Å². The van der Waals surface area contributed by atoms with Crippen LogP contribution in [0.5, 0.6) is 0 Å². The van der Waals surface area contributed by atoms with Gasteiger partial charge in [-0.1, -0.05) is 60.1 Å². The number of carbonyl (C=O) groups excluding carboxylic acids is 1. The Kier molecular flexibility index (Phi) is 4.75. The van der Waals surface area contributed by atoms with Gasteiger partial charge in [0, 0.05) is 28.0 Å². The van der Waals surface area contributed by atoms with Gasteiger partial charge in [-0.3, -0.25) is 13.9 Å². The van der Waals surface area contributed by atoms with E-state index in [4.69, 9.17) is 23.8 Å². The Morgan fingerprint density at radius 3 is 2.04 bits per heavy atom. The monoisotopic (exact) mass is 390 g/mol. The molecule has 0 atom stereocenters. The number of nitrogens with zero attached hydrogens (tertiary/aromatic N) is 2. The van der Waals surface area contributed by atoms with Gasteiger partial charge in [0.15, 0.2) is 4.77 Å². The van der Waals surface area contributed by atoms with E-state index in [2.05, 4.69) is 0 Å². The van der Waals surface area contributed by atoms with Crippen molar-refractivity contribution < 1.29 is 4.79 Å². The van der Waals surface area contributed by atoms with Crippen molar-refractivity contribution in [2.75, 3.05) is 0 Å². The molecule has 0 aliphatic heterocycles. The third-order valence-corrected chi connectivity index (χ3v) is 4.91. The molecule has 3 aromatic carbocycles. The van der Waals surface area contributed by atoms with Crippen molar-refractivity contribution in [1.82, 2.24) is 9.13 Å². The molecule has 5 heteroatoms. The minimum absolute atomic E-state index is 0.162. The van der Waals surface area contributed by atoms with Crippen molar-refractivity contribution in [3.63, 3.8) is 0 Å². The highest BCUT2D eigenvalue weighted by Crippen LogP contribution is 2.26. The second-order valence-corrected chi connectivity index (χ2v) is 6.82. The van der Waals surface area contributed by atoms with E-state index in [0.717, 1.165) is 16.9 Å². The molecule has 0 fully saturated rings. The zero-order valence-electron chi connectivity index (χ0n) is 14.2. The summed E-state index contributed by atoms with van der Waals surface area (Å²) in [4.78, 5) is 13.0. The molecule has 1 heterocycles. The van der Waals surface area contributed by atoms with Crippen LogP contribution in [0.3, 0.4) is 0 Å². The summed E-state index contributed by atoms with van der Waals surface area (Å²) >= 11 is 11.7. The van der Waals surface area contributed by atoms with E-state index in [-0.39, 0.29) is 5.91 Å². The van der Waals surface area contributed by atoms with Crippen molar-refractivity contribution in [3.8, 4) is 16.9 Å². The molecule has 0 radical (unpaired) electrons. The lowest BCUT2D eigenvalue weighted by Gasteiger charge is -2.08. The van der Waals surface area contributed by atoms with Crippen LogP contribution in [0.2, 0.25) is 5.02 Å². The van der Waals surface area contributed by atoms with Crippen molar-refractivity contribution in [1.29, 1.82) is 0 Å². The van der Waals surface area contributed by atoms with Crippen molar-refractivity contribution in [2.45, 2.75) is 0 Å². The average molecular weight is 391 g/mol. The molecule has 0 unspecified atom stereocenters. The molecule has 0 amide bonds. The standard InChI is InChI=1S/C22H15ClN2OS/c23-18-11-13-19(14-12-18)25-20(16-7-3-1-4-8-16)15-24(22(25)27)21(26)17-9-5-2-6-10-17/h1-15H. The Balaban J connectivity index is 1.94. The van der Waals surface area contributed by atoms with Crippen molar-refractivity contribution in [3.05, 3.63) is 106 Å². The fourth-order valence-corrected chi connectivity index (χ4v) is 3.43. The first kappa shape index (κ1) is 17.5. The lowest BCUT2D eigenvalue weighted by atomic mass is 10.1. The number of rotatable bonds is 3. The van der Waals surface area contributed by atoms with Crippen LogP contribution in [-0.4, -0.2) is 15.0 Å². The molecule has 0 aliphatic rings. The molecular formula is C22H15ClN2OS. The van der Waals surface area contributed by atoms with Gasteiger partial charge in [0.05, 0.1) is 5.69 Å². The summed E-state index contributed by atoms with van der Waals surface area (Å²) in [5.41, 5.74) is 3.25. The summed E-state index contributed by atoms with van der Waals surface area (Å²) in [7, 11) is 0. The highest BCUT2D eigenvalue weighted by molar-refractivity contribution is 7.71. The molecule has 3 nitrogen and oxygen atoms in total. The average Bonchev–Trinajstić information content (AvgIpc) is 3.06. The summed E-state index contributed by atoms with van der Waals surface area (Å²) in [5, 5.41) is 0.645. The van der Waals surface area contributed by atoms with Gasteiger partial charge in [0.25, 0.3) is 5.91 Å². The molecule has 0 saturated carbocycles. The Labute approximate surface area is 167 Å². The molecule has 0 bridgehead atoms. The second-order valence-electron chi connectivity index (χ2n) is 6.02. The number of benzene rings is 3. The van der Waals surface area contributed by atoms with Gasteiger partial charge in [-0.2, -0.15) is 0 Å². The minimum atomic E-state index is -0.162. The fraction of sp³-hybridized carbons (Fsp3) is 0. The third-order valence-electron chi connectivity index (χ3n) is 4.28. The van der Waals surface area contributed by atoms with Crippen molar-refractivity contribution in [2.24, 2.45) is 0 Å². The van der Waals surface area contributed by atoms with Crippen LogP contribution < -0.4 is 0 Å². The highest BCUT2D eigenvalue weighted by Gasteiger charge is 2.17. The topological polar surface area (TPSA) is 26.9 Å².